The summed E-state index contributed by atoms with van der Waals surface area (Å²) < 4.78 is 0. The molecular weight excluding hydrogens is 360 g/mol. The SMILES string of the molecule is CCc1cc(CC(=O)Cc2ccsc2)ccc1CC(=O)Cc1ccsc1. The lowest BCUT2D eigenvalue weighted by Crippen LogP contribution is -2.10. The van der Waals surface area contributed by atoms with Crippen molar-refractivity contribution in [2.75, 3.05) is 0 Å². The maximum Gasteiger partial charge on any atom is 0.141 e. The highest BCUT2D eigenvalue weighted by Crippen LogP contribution is 2.17. The van der Waals surface area contributed by atoms with Crippen LogP contribution < -0.4 is 0 Å². The van der Waals surface area contributed by atoms with E-state index in [2.05, 4.69) is 13.0 Å². The van der Waals surface area contributed by atoms with Gasteiger partial charge in [-0.2, -0.15) is 22.7 Å². The summed E-state index contributed by atoms with van der Waals surface area (Å²) in [7, 11) is 0. The Balaban J connectivity index is 1.63. The molecular formula is C22H22O2S2. The molecule has 2 aromatic heterocycles. The minimum atomic E-state index is 0.228. The number of carbonyl (C=O) groups is 2. The topological polar surface area (TPSA) is 34.1 Å². The molecule has 0 aliphatic rings. The molecule has 3 rings (SSSR count). The number of aryl methyl sites for hydroxylation is 1. The van der Waals surface area contributed by atoms with Crippen LogP contribution in [0.1, 0.15) is 34.7 Å². The Morgan fingerprint density at radius 2 is 1.31 bits per heavy atom. The van der Waals surface area contributed by atoms with Crippen molar-refractivity contribution in [2.24, 2.45) is 0 Å². The first-order valence-corrected chi connectivity index (χ1v) is 10.7. The number of thiophene rings is 2. The van der Waals surface area contributed by atoms with Crippen LogP contribution in [0, 0.1) is 0 Å². The lowest BCUT2D eigenvalue weighted by molar-refractivity contribution is -0.118. The number of Topliss-reactive ketones (excluding diaryl/α,β-unsaturated/α-hetero) is 2. The Kier molecular flexibility index (Phi) is 6.53. The van der Waals surface area contributed by atoms with Crippen molar-refractivity contribution in [1.29, 1.82) is 0 Å². The maximum atomic E-state index is 12.3. The second-order valence-electron chi connectivity index (χ2n) is 6.50. The molecule has 0 unspecified atom stereocenters. The van der Waals surface area contributed by atoms with Crippen LogP contribution in [0.15, 0.2) is 51.9 Å². The Morgan fingerprint density at radius 1 is 0.731 bits per heavy atom. The van der Waals surface area contributed by atoms with Crippen molar-refractivity contribution in [2.45, 2.75) is 39.0 Å². The molecule has 0 spiro atoms. The van der Waals surface area contributed by atoms with Gasteiger partial charge < -0.3 is 0 Å². The molecule has 26 heavy (non-hydrogen) atoms. The molecule has 0 amide bonds. The fourth-order valence-corrected chi connectivity index (χ4v) is 4.43. The van der Waals surface area contributed by atoms with E-state index in [0.29, 0.717) is 25.7 Å². The van der Waals surface area contributed by atoms with Gasteiger partial charge in [-0.25, -0.2) is 0 Å². The number of hydrogen-bond acceptors (Lipinski definition) is 4. The van der Waals surface area contributed by atoms with Crippen LogP contribution >= 0.6 is 22.7 Å². The molecule has 0 atom stereocenters. The van der Waals surface area contributed by atoms with Crippen LogP contribution in [0.25, 0.3) is 0 Å². The average Bonchev–Trinajstić information content (AvgIpc) is 3.30. The van der Waals surface area contributed by atoms with Gasteiger partial charge in [0.15, 0.2) is 0 Å². The molecule has 134 valence electrons. The van der Waals surface area contributed by atoms with Crippen LogP contribution in [-0.4, -0.2) is 11.6 Å². The fraction of sp³-hybridized carbons (Fsp3) is 0.273. The van der Waals surface area contributed by atoms with Crippen molar-refractivity contribution in [3.05, 3.63) is 79.7 Å². The van der Waals surface area contributed by atoms with E-state index in [9.17, 15) is 9.59 Å². The normalized spacial score (nSPS) is 10.8. The molecule has 2 nitrogen and oxygen atoms in total. The van der Waals surface area contributed by atoms with E-state index >= 15 is 0 Å². The van der Waals surface area contributed by atoms with Gasteiger partial charge in [0.25, 0.3) is 0 Å². The highest BCUT2D eigenvalue weighted by atomic mass is 32.1. The Bertz CT molecular complexity index is 862. The lowest BCUT2D eigenvalue weighted by Gasteiger charge is -2.10. The largest absolute Gasteiger partial charge is 0.299 e. The second-order valence-corrected chi connectivity index (χ2v) is 8.06. The summed E-state index contributed by atoms with van der Waals surface area (Å²) in [6.07, 6.45) is 2.77. The molecule has 2 heterocycles. The van der Waals surface area contributed by atoms with Crippen LogP contribution in [0.4, 0.5) is 0 Å². The third-order valence-corrected chi connectivity index (χ3v) is 5.87. The molecule has 3 aromatic rings. The van der Waals surface area contributed by atoms with E-state index in [4.69, 9.17) is 0 Å². The van der Waals surface area contributed by atoms with E-state index in [-0.39, 0.29) is 11.6 Å². The zero-order valence-corrected chi connectivity index (χ0v) is 16.5. The zero-order chi connectivity index (χ0) is 18.4. The molecule has 0 aliphatic heterocycles. The third-order valence-electron chi connectivity index (χ3n) is 4.40. The van der Waals surface area contributed by atoms with E-state index in [1.165, 1.54) is 5.56 Å². The lowest BCUT2D eigenvalue weighted by atomic mass is 9.94. The Morgan fingerprint density at radius 3 is 1.85 bits per heavy atom. The summed E-state index contributed by atoms with van der Waals surface area (Å²) >= 11 is 3.24. The summed E-state index contributed by atoms with van der Waals surface area (Å²) in [5.74, 6) is 0.464. The standard InChI is InChI=1S/C22H22O2S2/c1-2-19-9-16(10-21(23)11-17-5-7-25-14-17)3-4-20(19)13-22(24)12-18-6-8-26-15-18/h3-9,14-15H,2,10-13H2,1H3. The average molecular weight is 383 g/mol. The van der Waals surface area contributed by atoms with Crippen LogP contribution in [0.5, 0.6) is 0 Å². The van der Waals surface area contributed by atoms with Gasteiger partial charge in [0, 0.05) is 25.7 Å². The Hall–Kier alpha value is -2.04. The number of hydrogen-bond donors (Lipinski definition) is 0. The van der Waals surface area contributed by atoms with E-state index < -0.39 is 0 Å². The van der Waals surface area contributed by atoms with Gasteiger partial charge in [0.05, 0.1) is 0 Å². The predicted octanol–water partition coefficient (Wildman–Crippen LogP) is 5.08. The first-order chi connectivity index (χ1) is 12.6. The van der Waals surface area contributed by atoms with Gasteiger partial charge >= 0.3 is 0 Å². The number of ketones is 2. The highest BCUT2D eigenvalue weighted by Gasteiger charge is 2.11. The van der Waals surface area contributed by atoms with Crippen molar-refractivity contribution in [1.82, 2.24) is 0 Å². The maximum absolute atomic E-state index is 12.3. The van der Waals surface area contributed by atoms with Crippen LogP contribution in [-0.2, 0) is 41.7 Å². The van der Waals surface area contributed by atoms with Crippen LogP contribution in [0.2, 0.25) is 0 Å². The number of carbonyl (C=O) groups excluding carboxylic acids is 2. The molecule has 0 bridgehead atoms. The minimum Gasteiger partial charge on any atom is -0.299 e. The molecule has 0 N–H and O–H groups in total. The zero-order valence-electron chi connectivity index (χ0n) is 14.9. The summed E-state index contributed by atoms with van der Waals surface area (Å²) in [4.78, 5) is 24.6. The Labute approximate surface area is 162 Å². The van der Waals surface area contributed by atoms with E-state index in [1.54, 1.807) is 22.7 Å². The van der Waals surface area contributed by atoms with Crippen molar-refractivity contribution in [3.8, 4) is 0 Å². The fourth-order valence-electron chi connectivity index (χ4n) is 3.10. The molecule has 0 aliphatic carbocycles. The smallest absolute Gasteiger partial charge is 0.141 e. The first kappa shape index (κ1) is 18.7. The monoisotopic (exact) mass is 382 g/mol. The van der Waals surface area contributed by atoms with Gasteiger partial charge in [-0.3, -0.25) is 9.59 Å². The van der Waals surface area contributed by atoms with Crippen LogP contribution in [0.3, 0.4) is 0 Å². The summed E-state index contributed by atoms with van der Waals surface area (Å²) in [6, 6.07) is 10.1. The molecule has 0 radical (unpaired) electrons. The van der Waals surface area contributed by atoms with Gasteiger partial charge in [-0.05, 0) is 67.9 Å². The van der Waals surface area contributed by atoms with Gasteiger partial charge in [0.2, 0.25) is 0 Å². The number of benzene rings is 1. The summed E-state index contributed by atoms with van der Waals surface area (Å²) in [5.41, 5.74) is 5.47. The summed E-state index contributed by atoms with van der Waals surface area (Å²) in [5, 5.41) is 8.06. The van der Waals surface area contributed by atoms with Crippen molar-refractivity contribution < 1.29 is 9.59 Å². The minimum absolute atomic E-state index is 0.228. The van der Waals surface area contributed by atoms with Gasteiger partial charge in [0.1, 0.15) is 11.6 Å². The quantitative estimate of drug-likeness (QED) is 0.517. The van der Waals surface area contributed by atoms with E-state index in [1.807, 2.05) is 45.8 Å². The molecule has 4 heteroatoms. The molecule has 0 fully saturated rings. The molecule has 1 aromatic carbocycles. The first-order valence-electron chi connectivity index (χ1n) is 8.80. The number of rotatable bonds is 9. The van der Waals surface area contributed by atoms with Crippen molar-refractivity contribution in [3.63, 3.8) is 0 Å². The third kappa shape index (κ3) is 5.23. The molecule has 0 saturated carbocycles. The van der Waals surface area contributed by atoms with E-state index in [0.717, 1.165) is 28.7 Å². The van der Waals surface area contributed by atoms with Gasteiger partial charge in [-0.15, -0.1) is 0 Å². The highest BCUT2D eigenvalue weighted by molar-refractivity contribution is 7.08. The van der Waals surface area contributed by atoms with Crippen molar-refractivity contribution >= 4 is 34.2 Å². The molecule has 0 saturated heterocycles. The predicted molar refractivity (Wildman–Crippen MR) is 109 cm³/mol. The summed E-state index contributed by atoms with van der Waals surface area (Å²) in [6.45, 7) is 2.10. The second kappa shape index (κ2) is 9.06. The van der Waals surface area contributed by atoms with Gasteiger partial charge in [-0.1, -0.05) is 25.1 Å².